The van der Waals surface area contributed by atoms with E-state index in [-0.39, 0.29) is 13.6 Å². The Morgan fingerprint density at radius 3 is 2.36 bits per heavy atom. The van der Waals surface area contributed by atoms with E-state index in [0.717, 1.165) is 0 Å². The lowest BCUT2D eigenvalue weighted by Gasteiger charge is -2.10. The second-order valence-corrected chi connectivity index (χ2v) is 3.29. The predicted molar refractivity (Wildman–Crippen MR) is 46.6 cm³/mol. The number of hydrogen-bond acceptors (Lipinski definition) is 2. The number of nitrogens with one attached hydrogen (secondary N) is 1. The number of amides is 1. The van der Waals surface area contributed by atoms with Gasteiger partial charge in [0.2, 0.25) is 0 Å². The number of carbonyl (C=O) groups is 1. The molecular weight excluding hydrogens is 142 g/mol. The zero-order valence-electron chi connectivity index (χ0n) is 7.68. The third kappa shape index (κ3) is 7.16. The Morgan fingerprint density at radius 1 is 1.45 bits per heavy atom. The highest BCUT2D eigenvalue weighted by Gasteiger charge is 2.03. The van der Waals surface area contributed by atoms with Crippen molar-refractivity contribution in [2.45, 2.75) is 33.7 Å². The average Bonchev–Trinajstić information content (AvgIpc) is 1.82. The maximum atomic E-state index is 10.8. The first kappa shape index (κ1) is 10.3. The highest BCUT2D eigenvalue weighted by Crippen LogP contribution is 1.92. The van der Waals surface area contributed by atoms with Crippen LogP contribution in [0.15, 0.2) is 0 Å². The van der Waals surface area contributed by atoms with Gasteiger partial charge >= 0.3 is 6.09 Å². The van der Waals surface area contributed by atoms with Gasteiger partial charge in [-0.2, -0.15) is 0 Å². The molecule has 0 bridgehead atoms. The highest BCUT2D eigenvalue weighted by molar-refractivity contribution is 5.67. The fraction of sp³-hybridized carbons (Fsp3) is 0.875. The monoisotopic (exact) mass is 161 g/mol. The number of hydrogen-bond donors (Lipinski definition) is 1. The number of carbonyl (C=O) groups excluding carboxylic acids is 1. The summed E-state index contributed by atoms with van der Waals surface area (Å²) < 4.78 is 4.86. The quantitative estimate of drug-likeness (QED) is 0.687. The first-order valence-corrected chi connectivity index (χ1v) is 3.95. The Hall–Kier alpha value is -0.730. The summed E-state index contributed by atoms with van der Waals surface area (Å²) in [6.07, 6.45) is -0.325. The molecule has 0 saturated carbocycles. The molecule has 1 amide bonds. The minimum absolute atomic E-state index is 0. The van der Waals surface area contributed by atoms with Crippen LogP contribution in [0.25, 0.3) is 0 Å². The average molecular weight is 161 g/mol. The van der Waals surface area contributed by atoms with Gasteiger partial charge in [0.05, 0.1) is 6.61 Å². The number of rotatable bonds is 3. The van der Waals surface area contributed by atoms with Gasteiger partial charge in [-0.3, -0.25) is 0 Å². The molecular formula is C8H19NO2. The highest BCUT2D eigenvalue weighted by atomic mass is 16.5. The summed E-state index contributed by atoms with van der Waals surface area (Å²) in [5.74, 6) is 0.396. The van der Waals surface area contributed by atoms with Crippen molar-refractivity contribution in [2.24, 2.45) is 5.92 Å². The number of ether oxygens (including phenoxy) is 1. The lowest BCUT2D eigenvalue weighted by molar-refractivity contribution is 0.130. The summed E-state index contributed by atoms with van der Waals surface area (Å²) in [6, 6.07) is 0.148. The van der Waals surface area contributed by atoms with E-state index in [0.29, 0.717) is 12.5 Å². The summed E-state index contributed by atoms with van der Waals surface area (Å²) in [5.41, 5.74) is 0. The van der Waals surface area contributed by atoms with E-state index in [1.54, 1.807) is 0 Å². The van der Waals surface area contributed by atoms with Gasteiger partial charge < -0.3 is 10.1 Å². The lowest BCUT2D eigenvalue weighted by atomic mass is 10.2. The van der Waals surface area contributed by atoms with Gasteiger partial charge in [0, 0.05) is 7.47 Å². The summed E-state index contributed by atoms with van der Waals surface area (Å²) in [4.78, 5) is 10.8. The molecule has 0 radical (unpaired) electrons. The molecule has 0 aliphatic carbocycles. The topological polar surface area (TPSA) is 38.3 Å². The molecule has 3 nitrogen and oxygen atoms in total. The first-order valence-electron chi connectivity index (χ1n) is 3.95. The van der Waals surface area contributed by atoms with Crippen LogP contribution >= 0.6 is 0 Å². The van der Waals surface area contributed by atoms with Gasteiger partial charge in [-0.05, 0) is 19.8 Å². The first-order chi connectivity index (χ1) is 5.02. The van der Waals surface area contributed by atoms with Crippen molar-refractivity contribution in [1.82, 2.24) is 5.32 Å². The second kappa shape index (κ2) is 4.99. The van der Waals surface area contributed by atoms with E-state index in [2.05, 4.69) is 5.32 Å². The van der Waals surface area contributed by atoms with Crippen LogP contribution in [0.1, 0.15) is 29.1 Å². The molecule has 1 N–H and O–H groups in total. The van der Waals surface area contributed by atoms with Crippen molar-refractivity contribution < 1.29 is 11.0 Å². The molecule has 0 saturated heterocycles. The third-order valence-electron chi connectivity index (χ3n) is 0.954. The molecule has 0 heterocycles. The van der Waals surface area contributed by atoms with Gasteiger partial charge in [-0.1, -0.05) is 13.8 Å². The normalized spacial score (nSPS) is 10.4. The summed E-state index contributed by atoms with van der Waals surface area (Å²) in [6.45, 7) is 8.29. The minimum Gasteiger partial charge on any atom is -0.449 e. The maximum Gasteiger partial charge on any atom is 0.407 e. The van der Waals surface area contributed by atoms with Crippen molar-refractivity contribution in [1.29, 1.82) is 0 Å². The van der Waals surface area contributed by atoms with E-state index in [9.17, 15) is 4.79 Å². The zero-order valence-corrected chi connectivity index (χ0v) is 7.68. The van der Waals surface area contributed by atoms with Crippen LogP contribution in [0.4, 0.5) is 4.79 Å². The zero-order chi connectivity index (χ0) is 8.85. The largest absolute Gasteiger partial charge is 0.449 e. The van der Waals surface area contributed by atoms with Crippen molar-refractivity contribution in [3.8, 4) is 0 Å². The molecule has 0 aromatic carbocycles. The van der Waals surface area contributed by atoms with Crippen LogP contribution in [-0.2, 0) is 4.74 Å². The minimum atomic E-state index is -0.325. The molecule has 0 rings (SSSR count). The van der Waals surface area contributed by atoms with Crippen molar-refractivity contribution in [3.63, 3.8) is 0 Å². The van der Waals surface area contributed by atoms with Gasteiger partial charge in [0.25, 0.3) is 0 Å². The van der Waals surface area contributed by atoms with E-state index in [1.807, 2.05) is 27.7 Å². The van der Waals surface area contributed by atoms with E-state index < -0.39 is 0 Å². The molecule has 0 fully saturated rings. The van der Waals surface area contributed by atoms with Crippen LogP contribution in [0, 0.1) is 5.92 Å². The number of alkyl carbamates (subject to hydrolysis) is 1. The molecule has 0 atom stereocenters. The fourth-order valence-electron chi connectivity index (χ4n) is 0.520. The second-order valence-electron chi connectivity index (χ2n) is 3.29. The van der Waals surface area contributed by atoms with Crippen LogP contribution in [0.2, 0.25) is 0 Å². The lowest BCUT2D eigenvalue weighted by Crippen LogP contribution is -2.31. The summed E-state index contributed by atoms with van der Waals surface area (Å²) >= 11 is 0. The Bertz CT molecular complexity index is 126. The van der Waals surface area contributed by atoms with Crippen LogP contribution in [-0.4, -0.2) is 18.7 Å². The van der Waals surface area contributed by atoms with Crippen LogP contribution in [0.3, 0.4) is 0 Å². The molecule has 0 aliphatic heterocycles. The van der Waals surface area contributed by atoms with Gasteiger partial charge in [-0.15, -0.1) is 0 Å². The molecule has 0 aromatic heterocycles. The van der Waals surface area contributed by atoms with Crippen molar-refractivity contribution in [3.05, 3.63) is 0 Å². The molecule has 0 aromatic rings. The molecule has 68 valence electrons. The predicted octanol–water partition coefficient (Wildman–Crippen LogP) is 2.02. The maximum absolute atomic E-state index is 10.8. The third-order valence-corrected chi connectivity index (χ3v) is 0.954. The van der Waals surface area contributed by atoms with E-state index in [1.165, 1.54) is 0 Å². The van der Waals surface area contributed by atoms with Gasteiger partial charge in [-0.25, -0.2) is 4.79 Å². The standard InChI is InChI=1S/C8H17NO2.H2/c1-6(2)5-11-8(10)9-7(3)4;/h6-7H,5H2,1-4H3,(H,9,10);1H. The van der Waals surface area contributed by atoms with Gasteiger partial charge in [0.1, 0.15) is 0 Å². The molecule has 0 aliphatic rings. The summed E-state index contributed by atoms with van der Waals surface area (Å²) in [5, 5.41) is 2.64. The molecule has 11 heavy (non-hydrogen) atoms. The SMILES string of the molecule is CC(C)COC(=O)NC(C)C.[HH]. The fourth-order valence-corrected chi connectivity index (χ4v) is 0.520. The molecule has 3 heteroatoms. The molecule has 0 unspecified atom stereocenters. The van der Waals surface area contributed by atoms with Crippen LogP contribution in [0.5, 0.6) is 0 Å². The van der Waals surface area contributed by atoms with Crippen LogP contribution < -0.4 is 5.32 Å². The Balaban J connectivity index is 0. The van der Waals surface area contributed by atoms with E-state index >= 15 is 0 Å². The van der Waals surface area contributed by atoms with Crippen molar-refractivity contribution in [2.75, 3.05) is 6.61 Å². The van der Waals surface area contributed by atoms with E-state index in [4.69, 9.17) is 4.74 Å². The van der Waals surface area contributed by atoms with Gasteiger partial charge in [0.15, 0.2) is 0 Å². The Labute approximate surface area is 69.6 Å². The van der Waals surface area contributed by atoms with Crippen molar-refractivity contribution >= 4 is 6.09 Å². The Morgan fingerprint density at radius 2 is 2.00 bits per heavy atom. The Kier molecular flexibility index (Phi) is 4.66. The molecule has 0 spiro atoms. The summed E-state index contributed by atoms with van der Waals surface area (Å²) in [7, 11) is 0. The smallest absolute Gasteiger partial charge is 0.407 e.